The van der Waals surface area contributed by atoms with E-state index in [-0.39, 0.29) is 17.7 Å². The largest absolute Gasteiger partial charge is 0.466 e. The van der Waals surface area contributed by atoms with Gasteiger partial charge in [-0.15, -0.1) is 0 Å². The molecule has 0 fully saturated rings. The maximum absolute atomic E-state index is 12.3. The molecule has 1 aromatic rings. The first kappa shape index (κ1) is 16.3. The molecule has 7 nitrogen and oxygen atoms in total. The lowest BCUT2D eigenvalue weighted by Crippen LogP contribution is -2.11. The van der Waals surface area contributed by atoms with Gasteiger partial charge in [0.15, 0.2) is 0 Å². The summed E-state index contributed by atoms with van der Waals surface area (Å²) in [5, 5.41) is 19.8. The molecule has 0 radical (unpaired) electrons. The van der Waals surface area contributed by atoms with Crippen LogP contribution < -0.4 is 4.74 Å². The number of ether oxygens (including phenoxy) is 2. The first-order valence-corrected chi connectivity index (χ1v) is 5.70. The van der Waals surface area contributed by atoms with Crippen molar-refractivity contribution >= 4 is 11.7 Å². The van der Waals surface area contributed by atoms with E-state index in [4.69, 9.17) is 5.26 Å². The number of hydrogen-bond acceptors (Lipinski definition) is 6. The molecule has 0 saturated heterocycles. The molecule has 0 aromatic heterocycles. The number of rotatable bonds is 6. The summed E-state index contributed by atoms with van der Waals surface area (Å²) in [5.74, 6) is -1.55. The van der Waals surface area contributed by atoms with Crippen LogP contribution in [0.15, 0.2) is 12.1 Å². The molecule has 21 heavy (non-hydrogen) atoms. The fraction of sp³-hybridized carbons (Fsp3) is 0.333. The second-order valence-electron chi connectivity index (χ2n) is 3.71. The summed E-state index contributed by atoms with van der Waals surface area (Å²) >= 11 is 0. The SMILES string of the molecule is CCOC(=O)Cc1cc(C#N)cc(OC(F)F)c1[N+](=O)[O-]. The molecule has 0 aliphatic carbocycles. The third-order valence-corrected chi connectivity index (χ3v) is 2.32. The molecule has 0 aliphatic heterocycles. The Bertz CT molecular complexity index is 598. The number of hydrogen-bond donors (Lipinski definition) is 0. The van der Waals surface area contributed by atoms with Crippen LogP contribution in [0.4, 0.5) is 14.5 Å². The van der Waals surface area contributed by atoms with Gasteiger partial charge in [0.25, 0.3) is 0 Å². The molecule has 0 unspecified atom stereocenters. The molecule has 0 bridgehead atoms. The monoisotopic (exact) mass is 300 g/mol. The van der Waals surface area contributed by atoms with Crippen molar-refractivity contribution in [3.05, 3.63) is 33.4 Å². The number of nitro groups is 1. The van der Waals surface area contributed by atoms with Crippen LogP contribution in [-0.2, 0) is 16.0 Å². The minimum absolute atomic E-state index is 0.0605. The Kier molecular flexibility index (Phi) is 5.54. The summed E-state index contributed by atoms with van der Waals surface area (Å²) in [4.78, 5) is 21.5. The second-order valence-corrected chi connectivity index (χ2v) is 3.71. The minimum Gasteiger partial charge on any atom is -0.466 e. The molecule has 0 amide bonds. The molecule has 0 saturated carbocycles. The van der Waals surface area contributed by atoms with E-state index in [1.54, 1.807) is 13.0 Å². The number of nitriles is 1. The van der Waals surface area contributed by atoms with Gasteiger partial charge in [-0.3, -0.25) is 14.9 Å². The molecule has 9 heteroatoms. The van der Waals surface area contributed by atoms with Gasteiger partial charge in [-0.05, 0) is 13.0 Å². The first-order chi connectivity index (χ1) is 9.88. The summed E-state index contributed by atoms with van der Waals surface area (Å²) in [6, 6.07) is 3.53. The van der Waals surface area contributed by atoms with Crippen molar-refractivity contribution in [1.82, 2.24) is 0 Å². The molecule has 0 N–H and O–H groups in total. The van der Waals surface area contributed by atoms with Gasteiger partial charge in [0, 0.05) is 11.6 Å². The highest BCUT2D eigenvalue weighted by Crippen LogP contribution is 2.34. The molecule has 112 valence electrons. The minimum atomic E-state index is -3.30. The fourth-order valence-corrected chi connectivity index (χ4v) is 1.63. The van der Waals surface area contributed by atoms with Crippen LogP contribution in [0, 0.1) is 21.4 Å². The molecule has 1 rings (SSSR count). The van der Waals surface area contributed by atoms with Crippen LogP contribution in [0.1, 0.15) is 18.1 Å². The zero-order chi connectivity index (χ0) is 16.0. The summed E-state index contributed by atoms with van der Waals surface area (Å²) in [7, 11) is 0. The lowest BCUT2D eigenvalue weighted by molar-refractivity contribution is -0.387. The number of alkyl halides is 2. The third kappa shape index (κ3) is 4.38. The summed E-state index contributed by atoms with van der Waals surface area (Å²) < 4.78 is 33.3. The molecular formula is C12H10F2N2O5. The lowest BCUT2D eigenvalue weighted by Gasteiger charge is -2.09. The molecule has 0 heterocycles. The zero-order valence-electron chi connectivity index (χ0n) is 10.8. The number of nitrogens with zero attached hydrogens (tertiary/aromatic N) is 2. The maximum Gasteiger partial charge on any atom is 0.387 e. The van der Waals surface area contributed by atoms with Crippen molar-refractivity contribution in [3.63, 3.8) is 0 Å². The van der Waals surface area contributed by atoms with Crippen molar-refractivity contribution in [2.45, 2.75) is 20.0 Å². The Morgan fingerprint density at radius 2 is 2.19 bits per heavy atom. The predicted molar refractivity (Wildman–Crippen MR) is 64.8 cm³/mol. The summed E-state index contributed by atoms with van der Waals surface area (Å²) in [5.41, 5.74) is -1.16. The van der Waals surface area contributed by atoms with Crippen LogP contribution in [0.3, 0.4) is 0 Å². The number of nitro benzene ring substituents is 1. The Morgan fingerprint density at radius 3 is 2.67 bits per heavy atom. The van der Waals surface area contributed by atoms with E-state index in [0.29, 0.717) is 0 Å². The molecule has 0 atom stereocenters. The van der Waals surface area contributed by atoms with E-state index in [2.05, 4.69) is 9.47 Å². The number of carbonyl (C=O) groups is 1. The Hall–Kier alpha value is -2.76. The highest BCUT2D eigenvalue weighted by molar-refractivity contribution is 5.75. The molecular weight excluding hydrogens is 290 g/mol. The van der Waals surface area contributed by atoms with Crippen LogP contribution in [0.25, 0.3) is 0 Å². The molecule has 0 aliphatic rings. The van der Waals surface area contributed by atoms with Crippen molar-refractivity contribution in [1.29, 1.82) is 5.26 Å². The van der Waals surface area contributed by atoms with E-state index < -0.39 is 35.4 Å². The van der Waals surface area contributed by atoms with Gasteiger partial charge in [-0.1, -0.05) is 0 Å². The van der Waals surface area contributed by atoms with E-state index in [1.807, 2.05) is 0 Å². The van der Waals surface area contributed by atoms with Gasteiger partial charge >= 0.3 is 18.3 Å². The van der Waals surface area contributed by atoms with Gasteiger partial charge in [0.1, 0.15) is 0 Å². The summed E-state index contributed by atoms with van der Waals surface area (Å²) in [6.45, 7) is -1.69. The second kappa shape index (κ2) is 7.14. The standard InChI is InChI=1S/C12H10F2N2O5/c1-2-20-10(17)5-8-3-7(6-15)4-9(21-12(13)14)11(8)16(18)19/h3-4,12H,2,5H2,1H3. The smallest absolute Gasteiger partial charge is 0.387 e. The third-order valence-electron chi connectivity index (χ3n) is 2.32. The number of carbonyl (C=O) groups excluding carboxylic acids is 1. The normalized spacial score (nSPS) is 10.0. The van der Waals surface area contributed by atoms with Gasteiger partial charge in [0.05, 0.1) is 29.6 Å². The molecule has 1 aromatic carbocycles. The van der Waals surface area contributed by atoms with E-state index in [9.17, 15) is 23.7 Å². The first-order valence-electron chi connectivity index (χ1n) is 5.70. The van der Waals surface area contributed by atoms with Gasteiger partial charge < -0.3 is 9.47 Å². The lowest BCUT2D eigenvalue weighted by atomic mass is 10.1. The van der Waals surface area contributed by atoms with E-state index in [1.165, 1.54) is 0 Å². The van der Waals surface area contributed by atoms with Crippen molar-refractivity contribution in [2.24, 2.45) is 0 Å². The van der Waals surface area contributed by atoms with E-state index in [0.717, 1.165) is 12.1 Å². The molecule has 0 spiro atoms. The van der Waals surface area contributed by atoms with Gasteiger partial charge in [-0.2, -0.15) is 14.0 Å². The van der Waals surface area contributed by atoms with Crippen LogP contribution in [0.2, 0.25) is 0 Å². The Labute approximate surface area is 117 Å². The van der Waals surface area contributed by atoms with Crippen LogP contribution >= 0.6 is 0 Å². The number of benzene rings is 1. The van der Waals surface area contributed by atoms with Crippen molar-refractivity contribution < 1.29 is 28.0 Å². The van der Waals surface area contributed by atoms with Crippen LogP contribution in [0.5, 0.6) is 5.75 Å². The topological polar surface area (TPSA) is 102 Å². The number of esters is 1. The van der Waals surface area contributed by atoms with Crippen molar-refractivity contribution in [3.8, 4) is 11.8 Å². The predicted octanol–water partition coefficient (Wildman–Crippen LogP) is 2.17. The average molecular weight is 300 g/mol. The van der Waals surface area contributed by atoms with Gasteiger partial charge in [-0.25, -0.2) is 0 Å². The fourth-order valence-electron chi connectivity index (χ4n) is 1.63. The Balaban J connectivity index is 3.34. The van der Waals surface area contributed by atoms with Gasteiger partial charge in [0.2, 0.25) is 5.75 Å². The highest BCUT2D eigenvalue weighted by atomic mass is 19.3. The van der Waals surface area contributed by atoms with Crippen LogP contribution in [-0.4, -0.2) is 24.1 Å². The summed E-state index contributed by atoms with van der Waals surface area (Å²) in [6.07, 6.45) is -0.529. The maximum atomic E-state index is 12.3. The Morgan fingerprint density at radius 1 is 1.52 bits per heavy atom. The van der Waals surface area contributed by atoms with Crippen molar-refractivity contribution in [2.75, 3.05) is 6.61 Å². The quantitative estimate of drug-likeness (QED) is 0.453. The average Bonchev–Trinajstić information content (AvgIpc) is 2.37. The number of halogens is 2. The highest BCUT2D eigenvalue weighted by Gasteiger charge is 2.26. The van der Waals surface area contributed by atoms with E-state index >= 15 is 0 Å². The zero-order valence-corrected chi connectivity index (χ0v) is 10.8.